The molecule has 4 aromatic heterocycles. The number of hydrogen-bond donors (Lipinski definition) is 0. The molecule has 0 saturated carbocycles. The van der Waals surface area contributed by atoms with Gasteiger partial charge in [-0.05, 0) is 254 Å². The Hall–Kier alpha value is -9.10. The molecule has 0 spiro atoms. The van der Waals surface area contributed by atoms with E-state index in [-0.39, 0.29) is 48.3 Å². The summed E-state index contributed by atoms with van der Waals surface area (Å²) in [4.78, 5) is 42.9. The van der Waals surface area contributed by atoms with Gasteiger partial charge in [-0.15, -0.1) is 0 Å². The van der Waals surface area contributed by atoms with Gasteiger partial charge in [-0.2, -0.15) is 0 Å². The summed E-state index contributed by atoms with van der Waals surface area (Å²) < 4.78 is 0. The first kappa shape index (κ1) is 86.2. The fraction of sp³-hybridized carbons (Fsp3) is 0.333. The highest BCUT2D eigenvalue weighted by Gasteiger charge is 2.29. The Balaban J connectivity index is 1.08. The normalized spacial score (nSPS) is 14.2. The zero-order valence-corrected chi connectivity index (χ0v) is 73.5. The number of aromatic nitrogens is 4. The molecular weight excluding hydrogens is 1460 g/mol. The van der Waals surface area contributed by atoms with Gasteiger partial charge in [0.1, 0.15) is 0 Å². The lowest BCUT2D eigenvalue weighted by molar-refractivity contribution is 0.243. The van der Waals surface area contributed by atoms with Crippen molar-refractivity contribution in [3.63, 3.8) is 0 Å². The fourth-order valence-electron chi connectivity index (χ4n) is 15.8. The highest BCUT2D eigenvalue weighted by atomic mass is 31.1. The molecule has 12 nitrogen and oxygen atoms in total. The van der Waals surface area contributed by atoms with Crippen LogP contribution >= 0.6 is 15.8 Å². The first-order valence-electron chi connectivity index (χ1n) is 41.6. The average molecular weight is 1580 g/mol. The summed E-state index contributed by atoms with van der Waals surface area (Å²) >= 11 is 0. The van der Waals surface area contributed by atoms with Gasteiger partial charge in [-0.3, -0.25) is 59.1 Å². The quantitative estimate of drug-likeness (QED) is 0.0344. The van der Waals surface area contributed by atoms with Crippen LogP contribution in [0.4, 0.5) is 0 Å². The lowest BCUT2D eigenvalue weighted by atomic mass is 10.1. The van der Waals surface area contributed by atoms with Crippen LogP contribution < -0.4 is 21.2 Å². The summed E-state index contributed by atoms with van der Waals surface area (Å²) in [6.45, 7) is 23.9. The molecule has 12 aromatic rings. The Morgan fingerprint density at radius 1 is 0.190 bits per heavy atom. The van der Waals surface area contributed by atoms with Crippen LogP contribution in [0.15, 0.2) is 291 Å². The Morgan fingerprint density at radius 2 is 0.302 bits per heavy atom. The third-order valence-corrected chi connectivity index (χ3v) is 29.5. The van der Waals surface area contributed by atoms with Gasteiger partial charge in [-0.25, -0.2) is 0 Å². The largest absolute Gasteiger partial charge is 0.294 e. The predicted molar refractivity (Wildman–Crippen MR) is 490 cm³/mol. The van der Waals surface area contributed by atoms with E-state index in [4.69, 9.17) is 19.9 Å². The summed E-state index contributed by atoms with van der Waals surface area (Å²) in [7, 11) is 15.7. The molecule has 0 saturated heterocycles. The van der Waals surface area contributed by atoms with Crippen LogP contribution in [-0.4, -0.2) is 128 Å². The van der Waals surface area contributed by atoms with Gasteiger partial charge in [0.05, 0.1) is 45.6 Å². The Bertz CT molecular complexity index is 4050. The van der Waals surface area contributed by atoms with Gasteiger partial charge in [0, 0.05) is 101 Å². The molecule has 0 bridgehead atoms. The molecule has 0 unspecified atom stereocenters. The van der Waals surface area contributed by atoms with Crippen LogP contribution in [0.3, 0.4) is 0 Å². The van der Waals surface area contributed by atoms with Crippen molar-refractivity contribution in [1.82, 2.24) is 59.1 Å². The predicted octanol–water partition coefficient (Wildman–Crippen LogP) is 20.4. The highest BCUT2D eigenvalue weighted by Crippen LogP contribution is 2.44. The standard InChI is InChI=1S/C102H124N12P2/c1-75(83-41-25-17-26-42-83)107(9)67-91-59-99(60-92(103-91)68-108(10)76(2)84-43-27-18-28-44-84)115(100-61-93(69-109(11)77(3)85-45-29-19-30-46-85)104-94(62-100)70-110(12)78(4)86-47-31-20-32-48-86)57-58-116(101-63-95(71-111(13)79(5)87-49-33-21-34-50-87)105-96(64-101)72-112(14)80(6)88-51-35-22-36-52-88)102-65-97(73-113(15)81(7)89-53-37-23-38-54-89)106-98(66-102)74-114(16)82(8)90-55-39-24-40-56-90/h17-56,59-66,75-82H,57-58,67-74H2,1-16H3/t75-,76-,77-,78-,79-,80-,81-,82-/m1/s1. The van der Waals surface area contributed by atoms with Crippen molar-refractivity contribution in [1.29, 1.82) is 0 Å². The third-order valence-electron chi connectivity index (χ3n) is 24.3. The summed E-state index contributed by atoms with van der Waals surface area (Å²) in [6.07, 6.45) is 1.75. The highest BCUT2D eigenvalue weighted by molar-refractivity contribution is 7.76. The second kappa shape index (κ2) is 41.8. The number of hydrogen-bond acceptors (Lipinski definition) is 12. The molecule has 0 amide bonds. The van der Waals surface area contributed by atoms with Gasteiger partial charge < -0.3 is 0 Å². The maximum Gasteiger partial charge on any atom is 0.0554 e. The molecule has 602 valence electrons. The molecule has 0 aliphatic rings. The minimum absolute atomic E-state index is 0.141. The second-order valence-corrected chi connectivity index (χ2v) is 37.2. The summed E-state index contributed by atoms with van der Waals surface area (Å²) in [5.41, 5.74) is 18.8. The van der Waals surface area contributed by atoms with Gasteiger partial charge in [-0.1, -0.05) is 243 Å². The van der Waals surface area contributed by atoms with Crippen molar-refractivity contribution in [3.05, 3.63) is 381 Å². The first-order valence-corrected chi connectivity index (χ1v) is 44.7. The molecule has 14 heteroatoms. The molecule has 12 rings (SSSR count). The molecule has 8 atom stereocenters. The minimum Gasteiger partial charge on any atom is -0.294 e. The fourth-order valence-corrected chi connectivity index (χ4v) is 21.5. The van der Waals surface area contributed by atoms with Crippen molar-refractivity contribution in [2.24, 2.45) is 0 Å². The molecule has 116 heavy (non-hydrogen) atoms. The minimum atomic E-state index is -1.19. The number of benzene rings is 8. The lowest BCUT2D eigenvalue weighted by Crippen LogP contribution is -2.29. The summed E-state index contributed by atoms with van der Waals surface area (Å²) in [6, 6.07) is 109. The van der Waals surface area contributed by atoms with Crippen LogP contribution in [0.2, 0.25) is 0 Å². The maximum absolute atomic E-state index is 5.78. The summed E-state index contributed by atoms with van der Waals surface area (Å²) in [5.74, 6) is 0. The van der Waals surface area contributed by atoms with Gasteiger partial charge in [0.25, 0.3) is 0 Å². The van der Waals surface area contributed by atoms with E-state index in [9.17, 15) is 0 Å². The van der Waals surface area contributed by atoms with Crippen LogP contribution in [0.5, 0.6) is 0 Å². The third kappa shape index (κ3) is 23.4. The van der Waals surface area contributed by atoms with E-state index in [1.165, 1.54) is 65.7 Å². The van der Waals surface area contributed by atoms with Crippen LogP contribution in [-0.2, 0) is 52.4 Å². The molecular formula is C102H124N12P2. The van der Waals surface area contributed by atoms with E-state index >= 15 is 0 Å². The van der Waals surface area contributed by atoms with Crippen molar-refractivity contribution in [3.8, 4) is 0 Å². The first-order chi connectivity index (χ1) is 56.1. The number of pyridine rings is 4. The van der Waals surface area contributed by atoms with Crippen molar-refractivity contribution in [2.75, 3.05) is 68.7 Å². The van der Waals surface area contributed by atoms with E-state index in [0.717, 1.165) is 57.9 Å². The SMILES string of the molecule is C[C@H](c1ccccc1)N(C)Cc1cc(P(CCP(c2cc(CN(C)[C@H](C)c3ccccc3)nc(CN(C)[C@H](C)c3ccccc3)c2)c2cc(CN(C)[C@H](C)c3ccccc3)nc(CN(C)[C@H](C)c3ccccc3)c2)c2cc(CN(C)[C@H](C)c3ccccc3)nc(CN(C)[C@H](C)c3ccccc3)c2)cc(CN(C)[C@H](C)c2ccccc2)n1. The van der Waals surface area contributed by atoms with Crippen LogP contribution in [0.1, 0.15) is 194 Å². The number of rotatable bonds is 39. The Morgan fingerprint density at radius 3 is 0.414 bits per heavy atom. The molecule has 0 radical (unpaired) electrons. The number of nitrogens with zero attached hydrogens (tertiary/aromatic N) is 12. The molecule has 8 aromatic carbocycles. The van der Waals surface area contributed by atoms with Crippen molar-refractivity contribution in [2.45, 2.75) is 156 Å². The Kier molecular flexibility index (Phi) is 31.1. The summed E-state index contributed by atoms with van der Waals surface area (Å²) in [5, 5.41) is 5.30. The molecule has 4 heterocycles. The van der Waals surface area contributed by atoms with Gasteiger partial charge >= 0.3 is 0 Å². The smallest absolute Gasteiger partial charge is 0.0554 e. The molecule has 0 aliphatic carbocycles. The van der Waals surface area contributed by atoms with Gasteiger partial charge in [0.15, 0.2) is 0 Å². The van der Waals surface area contributed by atoms with E-state index < -0.39 is 15.8 Å². The zero-order chi connectivity index (χ0) is 81.8. The molecule has 0 fully saturated rings. The van der Waals surface area contributed by atoms with E-state index in [2.05, 4.69) is 442 Å². The molecule has 0 N–H and O–H groups in total. The zero-order valence-electron chi connectivity index (χ0n) is 71.7. The van der Waals surface area contributed by atoms with Crippen molar-refractivity contribution >= 4 is 37.1 Å². The molecule has 0 aliphatic heterocycles. The van der Waals surface area contributed by atoms with E-state index in [1.807, 2.05) is 0 Å². The maximum atomic E-state index is 5.78. The van der Waals surface area contributed by atoms with E-state index in [1.54, 1.807) is 0 Å². The van der Waals surface area contributed by atoms with Gasteiger partial charge in [0.2, 0.25) is 0 Å². The lowest BCUT2D eigenvalue weighted by Gasteiger charge is -2.31. The monoisotopic (exact) mass is 1580 g/mol. The van der Waals surface area contributed by atoms with Crippen molar-refractivity contribution < 1.29 is 0 Å². The van der Waals surface area contributed by atoms with Crippen LogP contribution in [0, 0.1) is 0 Å². The second-order valence-electron chi connectivity index (χ2n) is 32.5. The van der Waals surface area contributed by atoms with Crippen LogP contribution in [0.25, 0.3) is 0 Å². The average Bonchev–Trinajstić information content (AvgIpc) is 0.787. The topological polar surface area (TPSA) is 77.5 Å². The Labute approximate surface area is 697 Å². The van der Waals surface area contributed by atoms with E-state index in [0.29, 0.717) is 52.4 Å².